The summed E-state index contributed by atoms with van der Waals surface area (Å²) in [5, 5.41) is 3.18. The van der Waals surface area contributed by atoms with E-state index in [2.05, 4.69) is 5.32 Å². The maximum atomic E-state index is 13.9. The average Bonchev–Trinajstić information content (AvgIpc) is 2.93. The summed E-state index contributed by atoms with van der Waals surface area (Å²) in [4.78, 5) is 28.4. The first kappa shape index (κ1) is 30.1. The molecule has 0 aliphatic heterocycles. The first-order chi connectivity index (χ1) is 18.7. The van der Waals surface area contributed by atoms with E-state index < -0.39 is 34.3 Å². The molecule has 0 spiro atoms. The summed E-state index contributed by atoms with van der Waals surface area (Å²) < 4.78 is 42.0. The molecule has 3 aromatic rings. The molecule has 0 fully saturated rings. The molecule has 3 aromatic carbocycles. The Morgan fingerprint density at radius 2 is 1.67 bits per heavy atom. The van der Waals surface area contributed by atoms with E-state index in [1.54, 1.807) is 43.3 Å². The average molecular weight is 574 g/mol. The van der Waals surface area contributed by atoms with E-state index >= 15 is 0 Å². The quantitative estimate of drug-likeness (QED) is 0.277. The normalized spacial score (nSPS) is 12.0. The van der Waals surface area contributed by atoms with Gasteiger partial charge in [-0.2, -0.15) is 0 Å². The number of anilines is 1. The van der Waals surface area contributed by atoms with E-state index in [1.165, 1.54) is 47.4 Å². The maximum absolute atomic E-state index is 13.9. The topological polar surface area (TPSA) is 86.8 Å². The molecule has 0 saturated heterocycles. The van der Waals surface area contributed by atoms with Crippen LogP contribution in [0.4, 0.5) is 10.1 Å². The highest BCUT2D eigenvalue weighted by atomic mass is 35.5. The zero-order valence-corrected chi connectivity index (χ0v) is 23.6. The molecule has 0 aliphatic rings. The summed E-state index contributed by atoms with van der Waals surface area (Å²) >= 11 is 6.18. The fourth-order valence-electron chi connectivity index (χ4n) is 4.09. The largest absolute Gasteiger partial charge is 0.354 e. The minimum absolute atomic E-state index is 0.00636. The number of carbonyl (C=O) groups is 2. The lowest BCUT2D eigenvalue weighted by Crippen LogP contribution is -2.52. The number of rotatable bonds is 13. The standard InChI is InChI=1S/C29H33ClFN3O4S/c1-3-5-18-32-29(36)27(4-2)33(20-22-14-16-24(31)17-15-22)28(35)21-34(25-11-9-10-23(30)19-25)39(37,38)26-12-7-6-8-13-26/h6-17,19,27H,3-5,18,20-21H2,1-2H3,(H,32,36)/t27-/m0/s1. The van der Waals surface area contributed by atoms with Crippen molar-refractivity contribution in [3.8, 4) is 0 Å². The van der Waals surface area contributed by atoms with E-state index in [-0.39, 0.29) is 23.0 Å². The van der Waals surface area contributed by atoms with E-state index in [0.717, 1.165) is 17.1 Å². The van der Waals surface area contributed by atoms with Gasteiger partial charge >= 0.3 is 0 Å². The lowest BCUT2D eigenvalue weighted by Gasteiger charge is -2.33. The van der Waals surface area contributed by atoms with Crippen LogP contribution in [0, 0.1) is 5.82 Å². The lowest BCUT2D eigenvalue weighted by molar-refractivity contribution is -0.140. The van der Waals surface area contributed by atoms with Gasteiger partial charge < -0.3 is 10.2 Å². The van der Waals surface area contributed by atoms with Crippen LogP contribution in [0.2, 0.25) is 5.02 Å². The third-order valence-corrected chi connectivity index (χ3v) is 8.21. The second-order valence-corrected chi connectivity index (χ2v) is 11.3. The van der Waals surface area contributed by atoms with Gasteiger partial charge in [-0.15, -0.1) is 0 Å². The van der Waals surface area contributed by atoms with Crippen molar-refractivity contribution >= 4 is 39.1 Å². The third-order valence-electron chi connectivity index (χ3n) is 6.19. The lowest BCUT2D eigenvalue weighted by atomic mass is 10.1. The number of hydrogen-bond acceptors (Lipinski definition) is 4. The first-order valence-corrected chi connectivity index (χ1v) is 14.6. The van der Waals surface area contributed by atoms with Crippen molar-refractivity contribution in [1.29, 1.82) is 0 Å². The molecule has 208 valence electrons. The molecule has 2 amide bonds. The van der Waals surface area contributed by atoms with Gasteiger partial charge in [0, 0.05) is 18.1 Å². The van der Waals surface area contributed by atoms with Gasteiger partial charge in [-0.3, -0.25) is 13.9 Å². The van der Waals surface area contributed by atoms with Crippen LogP contribution in [0.3, 0.4) is 0 Å². The van der Waals surface area contributed by atoms with Gasteiger partial charge in [0.2, 0.25) is 11.8 Å². The third kappa shape index (κ3) is 8.03. The molecule has 7 nitrogen and oxygen atoms in total. The Balaban J connectivity index is 2.02. The van der Waals surface area contributed by atoms with E-state index in [0.29, 0.717) is 23.6 Å². The van der Waals surface area contributed by atoms with Crippen LogP contribution >= 0.6 is 11.6 Å². The molecule has 0 aromatic heterocycles. The zero-order chi connectivity index (χ0) is 28.4. The Morgan fingerprint density at radius 1 is 0.974 bits per heavy atom. The predicted octanol–water partition coefficient (Wildman–Crippen LogP) is 5.40. The van der Waals surface area contributed by atoms with Crippen LogP contribution in [-0.4, -0.2) is 44.3 Å². The number of amides is 2. The van der Waals surface area contributed by atoms with Crippen LogP contribution in [0.25, 0.3) is 0 Å². The van der Waals surface area contributed by atoms with Crippen molar-refractivity contribution in [1.82, 2.24) is 10.2 Å². The summed E-state index contributed by atoms with van der Waals surface area (Å²) in [6, 6.07) is 18.8. The van der Waals surface area contributed by atoms with Crippen molar-refractivity contribution in [3.63, 3.8) is 0 Å². The Morgan fingerprint density at radius 3 is 2.28 bits per heavy atom. The SMILES string of the molecule is CCCCNC(=O)[C@H](CC)N(Cc1ccc(F)cc1)C(=O)CN(c1cccc(Cl)c1)S(=O)(=O)c1ccccc1. The van der Waals surface area contributed by atoms with E-state index in [1.807, 2.05) is 6.92 Å². The molecule has 39 heavy (non-hydrogen) atoms. The van der Waals surface area contributed by atoms with Crippen molar-refractivity contribution in [2.45, 2.75) is 50.6 Å². The number of nitrogens with one attached hydrogen (secondary N) is 1. The minimum Gasteiger partial charge on any atom is -0.354 e. The predicted molar refractivity (Wildman–Crippen MR) is 151 cm³/mol. The Bertz CT molecular complexity index is 1350. The smallest absolute Gasteiger partial charge is 0.264 e. The summed E-state index contributed by atoms with van der Waals surface area (Å²) in [6.07, 6.45) is 1.97. The molecular formula is C29H33ClFN3O4S. The zero-order valence-electron chi connectivity index (χ0n) is 22.0. The fraction of sp³-hybridized carbons (Fsp3) is 0.310. The van der Waals surface area contributed by atoms with Crippen molar-refractivity contribution < 1.29 is 22.4 Å². The highest BCUT2D eigenvalue weighted by Gasteiger charge is 2.33. The number of sulfonamides is 1. The highest BCUT2D eigenvalue weighted by Crippen LogP contribution is 2.27. The van der Waals surface area contributed by atoms with Crippen LogP contribution in [0.5, 0.6) is 0 Å². The number of carbonyl (C=O) groups excluding carboxylic acids is 2. The van der Waals surface area contributed by atoms with Crippen molar-refractivity contribution in [3.05, 3.63) is 95.3 Å². The highest BCUT2D eigenvalue weighted by molar-refractivity contribution is 7.92. The first-order valence-electron chi connectivity index (χ1n) is 12.8. The summed E-state index contributed by atoms with van der Waals surface area (Å²) in [6.45, 7) is 3.67. The van der Waals surface area contributed by atoms with E-state index in [4.69, 9.17) is 11.6 Å². The molecule has 0 bridgehead atoms. The molecule has 0 saturated carbocycles. The summed E-state index contributed by atoms with van der Waals surface area (Å²) in [7, 11) is -4.17. The second-order valence-electron chi connectivity index (χ2n) is 9.02. The van der Waals surface area contributed by atoms with E-state index in [9.17, 15) is 22.4 Å². The van der Waals surface area contributed by atoms with Gasteiger partial charge in [0.15, 0.2) is 0 Å². The molecule has 0 unspecified atom stereocenters. The van der Waals surface area contributed by atoms with Crippen LogP contribution in [0.1, 0.15) is 38.7 Å². The number of benzene rings is 3. The second kappa shape index (κ2) is 14.1. The molecule has 0 heterocycles. The van der Waals surface area contributed by atoms with Gasteiger partial charge in [-0.1, -0.05) is 68.3 Å². The molecule has 0 aliphatic carbocycles. The van der Waals surface area contributed by atoms with Gasteiger partial charge in [0.05, 0.1) is 10.6 Å². The minimum atomic E-state index is -4.17. The fourth-order valence-corrected chi connectivity index (χ4v) is 5.70. The van der Waals surface area contributed by atoms with Crippen LogP contribution in [-0.2, 0) is 26.2 Å². The molecule has 0 radical (unpaired) electrons. The Kier molecular flexibility index (Phi) is 10.9. The molecule has 1 atom stereocenters. The van der Waals surface area contributed by atoms with Gasteiger partial charge in [0.1, 0.15) is 18.4 Å². The van der Waals surface area contributed by atoms with Gasteiger partial charge in [-0.25, -0.2) is 12.8 Å². The monoisotopic (exact) mass is 573 g/mol. The van der Waals surface area contributed by atoms with Gasteiger partial charge in [0.25, 0.3) is 10.0 Å². The summed E-state index contributed by atoms with van der Waals surface area (Å²) in [5.74, 6) is -1.35. The van der Waals surface area contributed by atoms with Crippen molar-refractivity contribution in [2.24, 2.45) is 0 Å². The Hall–Kier alpha value is -3.43. The number of unbranched alkanes of at least 4 members (excludes halogenated alkanes) is 1. The number of halogens is 2. The Labute approximate surface area is 234 Å². The molecule has 3 rings (SSSR count). The number of nitrogens with zero attached hydrogens (tertiary/aromatic N) is 2. The molecule has 1 N–H and O–H groups in total. The molecular weight excluding hydrogens is 541 g/mol. The number of hydrogen-bond donors (Lipinski definition) is 1. The molecule has 10 heteroatoms. The van der Waals surface area contributed by atoms with Crippen LogP contribution in [0.15, 0.2) is 83.8 Å². The van der Waals surface area contributed by atoms with Crippen LogP contribution < -0.4 is 9.62 Å². The van der Waals surface area contributed by atoms with Crippen molar-refractivity contribution in [2.75, 3.05) is 17.4 Å². The summed E-state index contributed by atoms with van der Waals surface area (Å²) in [5.41, 5.74) is 0.812. The maximum Gasteiger partial charge on any atom is 0.264 e. The van der Waals surface area contributed by atoms with Gasteiger partial charge in [-0.05, 0) is 60.9 Å².